The molecule has 0 aromatic rings. The molecule has 19 heteroatoms. The molecule has 4 heterocycles. The van der Waals surface area contributed by atoms with Gasteiger partial charge in [-0.3, -0.25) is 34.0 Å². The minimum absolute atomic E-state index is 0.135. The molecule has 5 amide bonds. The van der Waals surface area contributed by atoms with Gasteiger partial charge in [-0.05, 0) is 33.1 Å². The number of carbonyl (C=O) groups excluding carboxylic acids is 6. The fraction of sp³-hybridized carbons (Fsp3) is 0.708. The number of cyclic esters (lactones) is 1. The van der Waals surface area contributed by atoms with Crippen LogP contribution in [-0.2, 0) is 33.5 Å². The van der Waals surface area contributed by atoms with Gasteiger partial charge in [0.2, 0.25) is 11.8 Å². The van der Waals surface area contributed by atoms with Gasteiger partial charge >= 0.3 is 5.97 Å². The zero-order chi connectivity index (χ0) is 31.6. The number of hydrogen-bond donors (Lipinski definition) is 7. The van der Waals surface area contributed by atoms with E-state index in [1.807, 2.05) is 0 Å². The Balaban J connectivity index is 1.73. The maximum absolute atomic E-state index is 13.9. The molecule has 0 bridgehead atoms. The zero-order valence-electron chi connectivity index (χ0n) is 23.4. The van der Waals surface area contributed by atoms with Gasteiger partial charge in [0.25, 0.3) is 17.7 Å². The largest absolute Gasteiger partial charge is 0.454 e. The van der Waals surface area contributed by atoms with Crippen molar-refractivity contribution < 1.29 is 48.8 Å². The third kappa shape index (κ3) is 6.65. The number of fused-ring (bicyclic) bond motifs is 3. The third-order valence-electron chi connectivity index (χ3n) is 7.61. The average Bonchev–Trinajstić information content (AvgIpc) is 2.99. The first-order valence-corrected chi connectivity index (χ1v) is 14.6. The molecule has 8 atom stereocenters. The fourth-order valence-electron chi connectivity index (χ4n) is 5.11. The fourth-order valence-corrected chi connectivity index (χ4v) is 5.60. The minimum Gasteiger partial charge on any atom is -0.454 e. The molecule has 0 aromatic heterocycles. The van der Waals surface area contributed by atoms with Gasteiger partial charge in [0.05, 0.1) is 12.8 Å². The highest BCUT2D eigenvalue weighted by molar-refractivity contribution is 9.09. The molecule has 3 fully saturated rings. The van der Waals surface area contributed by atoms with Crippen LogP contribution in [0.5, 0.6) is 0 Å². The molecule has 0 radical (unpaired) electrons. The Kier molecular flexibility index (Phi) is 10.0. The molecule has 4 aliphatic rings. The summed E-state index contributed by atoms with van der Waals surface area (Å²) in [6, 6.07) is -5.42. The Labute approximate surface area is 254 Å². The SMILES string of the molecule is C[C@@H]1NC(=O)[C@@H]2[C@H](O)[C@H](O)C=NN2C(=O)COC(=O)[C@](C)(CO)NC(=O)[C@@H]2CCCNN2C(=O)[C@H]2C[C@H](Br)CNN2C1=O. The first-order chi connectivity index (χ1) is 20.3. The summed E-state index contributed by atoms with van der Waals surface area (Å²) >= 11 is 3.45. The van der Waals surface area contributed by atoms with E-state index in [0.717, 1.165) is 23.2 Å². The number of aliphatic hydroxyl groups is 3. The Morgan fingerprint density at radius 2 is 1.77 bits per heavy atom. The van der Waals surface area contributed by atoms with Crippen LogP contribution in [0.1, 0.15) is 33.1 Å². The first kappa shape index (κ1) is 32.7. The number of nitrogens with one attached hydrogen (secondary N) is 4. The number of halogens is 1. The van der Waals surface area contributed by atoms with Crippen LogP contribution in [0.25, 0.3) is 0 Å². The highest BCUT2D eigenvalue weighted by Crippen LogP contribution is 2.23. The van der Waals surface area contributed by atoms with Gasteiger partial charge < -0.3 is 30.7 Å². The van der Waals surface area contributed by atoms with Crippen LogP contribution >= 0.6 is 15.9 Å². The Morgan fingerprint density at radius 1 is 1.07 bits per heavy atom. The summed E-state index contributed by atoms with van der Waals surface area (Å²) in [5.41, 5.74) is 3.71. The normalized spacial score (nSPS) is 36.9. The average molecular weight is 675 g/mol. The molecule has 4 aliphatic heterocycles. The molecule has 0 unspecified atom stereocenters. The van der Waals surface area contributed by atoms with Crippen LogP contribution in [0, 0.1) is 0 Å². The standard InChI is InChI=1S/C24H35BrN8O10/c1-11-21(40)32-14(6-12(25)7-27-32)22(41)31-13(4-3-5-26-31)19(38)30-24(2,10-34)23(42)43-9-16(36)33-17(20(39)29-11)18(37)15(35)8-28-33/h8,11-15,17-18,26-27,34-35,37H,3-7,9-10H2,1-2H3,(H,29,39)(H,30,38)/t11-,12-,13-,14+,15+,17-,18+,24-/m0/s1. The summed E-state index contributed by atoms with van der Waals surface area (Å²) in [5, 5.41) is 41.9. The van der Waals surface area contributed by atoms with Crippen molar-refractivity contribution >= 4 is 57.6 Å². The van der Waals surface area contributed by atoms with Crippen LogP contribution in [0.15, 0.2) is 5.10 Å². The van der Waals surface area contributed by atoms with Gasteiger partial charge in [0, 0.05) is 17.9 Å². The van der Waals surface area contributed by atoms with Crippen LogP contribution in [0.3, 0.4) is 0 Å². The van der Waals surface area contributed by atoms with Crippen molar-refractivity contribution in [2.24, 2.45) is 5.10 Å². The molecule has 0 aromatic carbocycles. The smallest absolute Gasteiger partial charge is 0.334 e. The number of aliphatic hydroxyl groups excluding tert-OH is 3. The predicted molar refractivity (Wildman–Crippen MR) is 147 cm³/mol. The molecule has 238 valence electrons. The van der Waals surface area contributed by atoms with Crippen molar-refractivity contribution in [2.75, 3.05) is 26.3 Å². The summed E-state index contributed by atoms with van der Waals surface area (Å²) in [6.07, 6.45) is -1.89. The lowest BCUT2D eigenvalue weighted by Gasteiger charge is -2.44. The van der Waals surface area contributed by atoms with Crippen molar-refractivity contribution in [3.63, 3.8) is 0 Å². The van der Waals surface area contributed by atoms with Gasteiger partial charge in [-0.1, -0.05) is 15.9 Å². The number of alkyl halides is 1. The van der Waals surface area contributed by atoms with E-state index in [1.54, 1.807) is 0 Å². The minimum atomic E-state index is -2.04. The summed E-state index contributed by atoms with van der Waals surface area (Å²) in [6.45, 7) is 1.12. The van der Waals surface area contributed by atoms with Gasteiger partial charge in [-0.25, -0.2) is 20.7 Å². The van der Waals surface area contributed by atoms with Crippen molar-refractivity contribution in [3.8, 4) is 0 Å². The van der Waals surface area contributed by atoms with E-state index in [2.05, 4.69) is 42.5 Å². The Hall–Kier alpha value is -3.23. The number of carbonyl (C=O) groups is 6. The van der Waals surface area contributed by atoms with E-state index < -0.39 is 90.6 Å². The van der Waals surface area contributed by atoms with Crippen molar-refractivity contribution in [3.05, 3.63) is 0 Å². The van der Waals surface area contributed by atoms with E-state index >= 15 is 0 Å². The lowest BCUT2D eigenvalue weighted by atomic mass is 9.99. The second-order valence-corrected chi connectivity index (χ2v) is 12.2. The molecule has 0 saturated carbocycles. The van der Waals surface area contributed by atoms with Crippen LogP contribution < -0.4 is 21.5 Å². The summed E-state index contributed by atoms with van der Waals surface area (Å²) in [5.74, 6) is -5.53. The Morgan fingerprint density at radius 3 is 2.47 bits per heavy atom. The second kappa shape index (κ2) is 13.2. The number of hydrogen-bond acceptors (Lipinski definition) is 13. The topological polar surface area (TPSA) is 243 Å². The molecule has 4 rings (SSSR count). The Bertz CT molecular complexity index is 1190. The number of hydrazone groups is 1. The molecular weight excluding hydrogens is 640 g/mol. The molecule has 0 spiro atoms. The zero-order valence-corrected chi connectivity index (χ0v) is 25.0. The number of hydrazine groups is 2. The highest BCUT2D eigenvalue weighted by Gasteiger charge is 2.47. The quantitative estimate of drug-likeness (QED) is 0.102. The number of nitrogens with zero attached hydrogens (tertiary/aromatic N) is 4. The van der Waals surface area contributed by atoms with Crippen LogP contribution in [0.4, 0.5) is 0 Å². The van der Waals surface area contributed by atoms with Crippen LogP contribution in [0.2, 0.25) is 0 Å². The number of amides is 5. The lowest BCUT2D eigenvalue weighted by molar-refractivity contribution is -0.166. The first-order valence-electron chi connectivity index (χ1n) is 13.7. The maximum atomic E-state index is 13.9. The van der Waals surface area contributed by atoms with Crippen LogP contribution in [-0.4, -0.2) is 145 Å². The van der Waals surface area contributed by atoms with Crippen molar-refractivity contribution in [1.29, 1.82) is 0 Å². The molecular formula is C24H35BrN8O10. The highest BCUT2D eigenvalue weighted by atomic mass is 79.9. The third-order valence-corrected chi connectivity index (χ3v) is 8.31. The van der Waals surface area contributed by atoms with Gasteiger partial charge in [0.15, 0.2) is 18.2 Å². The molecule has 0 aliphatic carbocycles. The summed E-state index contributed by atoms with van der Waals surface area (Å²) in [4.78, 5) is 80.0. The monoisotopic (exact) mass is 674 g/mol. The van der Waals surface area contributed by atoms with Gasteiger partial charge in [-0.2, -0.15) is 5.10 Å². The van der Waals surface area contributed by atoms with Gasteiger partial charge in [0.1, 0.15) is 30.3 Å². The van der Waals surface area contributed by atoms with E-state index in [9.17, 15) is 44.1 Å². The molecule has 18 nitrogen and oxygen atoms in total. The van der Waals surface area contributed by atoms with E-state index in [0.29, 0.717) is 18.0 Å². The van der Waals surface area contributed by atoms with Crippen molar-refractivity contribution in [2.45, 2.75) is 79.9 Å². The van der Waals surface area contributed by atoms with E-state index in [4.69, 9.17) is 4.74 Å². The molecule has 3 saturated heterocycles. The van der Waals surface area contributed by atoms with Crippen molar-refractivity contribution in [1.82, 2.24) is 36.5 Å². The van der Waals surface area contributed by atoms with E-state index in [1.165, 1.54) is 6.92 Å². The van der Waals surface area contributed by atoms with Gasteiger partial charge in [-0.15, -0.1) is 0 Å². The second-order valence-electron chi connectivity index (χ2n) is 10.9. The predicted octanol–water partition coefficient (Wildman–Crippen LogP) is -4.80. The molecule has 43 heavy (non-hydrogen) atoms. The van der Waals surface area contributed by atoms with E-state index in [-0.39, 0.29) is 24.2 Å². The molecule has 7 N–H and O–H groups in total. The lowest BCUT2D eigenvalue weighted by Crippen LogP contribution is -2.70. The number of rotatable bonds is 1. The maximum Gasteiger partial charge on any atom is 0.334 e. The summed E-state index contributed by atoms with van der Waals surface area (Å²) < 4.78 is 5.05. The number of esters is 1. The summed E-state index contributed by atoms with van der Waals surface area (Å²) in [7, 11) is 0. The number of ether oxygens (including phenoxy) is 1.